The molecule has 0 saturated carbocycles. The lowest BCUT2D eigenvalue weighted by atomic mass is 9.91. The minimum atomic E-state index is 0.344. The lowest BCUT2D eigenvalue weighted by Gasteiger charge is -2.24. The van der Waals surface area contributed by atoms with Crippen molar-refractivity contribution < 1.29 is 0 Å². The van der Waals surface area contributed by atoms with Crippen LogP contribution >= 0.6 is 22.9 Å². The highest BCUT2D eigenvalue weighted by atomic mass is 35.5. The summed E-state index contributed by atoms with van der Waals surface area (Å²) in [5.74, 6) is 0.344. The number of rotatable bonds is 1. The number of nitrogens with zero attached hydrogens (tertiary/aromatic N) is 1. The van der Waals surface area contributed by atoms with Crippen molar-refractivity contribution in [1.82, 2.24) is 10.3 Å². The maximum atomic E-state index is 6.05. The zero-order valence-electron chi connectivity index (χ0n) is 10.8. The van der Waals surface area contributed by atoms with Gasteiger partial charge in [-0.15, -0.1) is 11.3 Å². The van der Waals surface area contributed by atoms with Crippen molar-refractivity contribution in [3.05, 3.63) is 63.6 Å². The van der Waals surface area contributed by atoms with Gasteiger partial charge in [-0.2, -0.15) is 0 Å². The highest BCUT2D eigenvalue weighted by Crippen LogP contribution is 2.35. The van der Waals surface area contributed by atoms with Crippen LogP contribution in [0.15, 0.2) is 42.5 Å². The number of nitrogens with one attached hydrogen (secondary N) is 1. The van der Waals surface area contributed by atoms with Crippen molar-refractivity contribution in [3.8, 4) is 0 Å². The van der Waals surface area contributed by atoms with Crippen molar-refractivity contribution >= 4 is 33.2 Å². The van der Waals surface area contributed by atoms with Crippen LogP contribution in [0, 0.1) is 0 Å². The summed E-state index contributed by atoms with van der Waals surface area (Å²) in [4.78, 5) is 4.79. The Morgan fingerprint density at radius 1 is 1.20 bits per heavy atom. The third-order valence-electron chi connectivity index (χ3n) is 3.76. The largest absolute Gasteiger partial charge is 0.312 e. The van der Waals surface area contributed by atoms with Crippen molar-refractivity contribution in [1.29, 1.82) is 0 Å². The molecule has 0 aliphatic carbocycles. The summed E-state index contributed by atoms with van der Waals surface area (Å²) in [5, 5.41) is 5.40. The number of halogens is 1. The first-order chi connectivity index (χ1) is 9.81. The SMILES string of the molecule is Clc1ccc2sc(C3CNCc4ccccc43)nc2c1. The van der Waals surface area contributed by atoms with Gasteiger partial charge in [0.1, 0.15) is 5.01 Å². The second kappa shape index (κ2) is 4.85. The third kappa shape index (κ3) is 2.03. The molecule has 2 aromatic carbocycles. The van der Waals surface area contributed by atoms with E-state index >= 15 is 0 Å². The summed E-state index contributed by atoms with van der Waals surface area (Å²) in [6.07, 6.45) is 0. The highest BCUT2D eigenvalue weighted by Gasteiger charge is 2.24. The Bertz CT molecular complexity index is 781. The second-order valence-corrected chi connectivity index (χ2v) is 6.55. The Kier molecular flexibility index (Phi) is 2.99. The monoisotopic (exact) mass is 300 g/mol. The molecule has 0 spiro atoms. The van der Waals surface area contributed by atoms with Crippen LogP contribution in [-0.4, -0.2) is 11.5 Å². The Labute approximate surface area is 126 Å². The summed E-state index contributed by atoms with van der Waals surface area (Å²) in [6.45, 7) is 1.90. The van der Waals surface area contributed by atoms with Gasteiger partial charge >= 0.3 is 0 Å². The standard InChI is InChI=1S/C16H13ClN2S/c17-11-5-6-15-14(7-11)19-16(20-15)13-9-18-8-10-3-1-2-4-12(10)13/h1-7,13,18H,8-9H2. The van der Waals surface area contributed by atoms with Gasteiger partial charge in [-0.1, -0.05) is 35.9 Å². The summed E-state index contributed by atoms with van der Waals surface area (Å²) >= 11 is 7.81. The van der Waals surface area contributed by atoms with Gasteiger partial charge in [0.15, 0.2) is 0 Å². The average Bonchev–Trinajstić information content (AvgIpc) is 2.89. The van der Waals surface area contributed by atoms with E-state index in [0.717, 1.165) is 23.6 Å². The zero-order valence-corrected chi connectivity index (χ0v) is 12.3. The fourth-order valence-electron chi connectivity index (χ4n) is 2.78. The molecule has 2 heterocycles. The maximum absolute atomic E-state index is 6.05. The van der Waals surface area contributed by atoms with E-state index in [1.807, 2.05) is 12.1 Å². The van der Waals surface area contributed by atoms with Gasteiger partial charge in [0, 0.05) is 24.0 Å². The van der Waals surface area contributed by atoms with Crippen LogP contribution in [0.3, 0.4) is 0 Å². The lowest BCUT2D eigenvalue weighted by Crippen LogP contribution is -2.28. The first-order valence-electron chi connectivity index (χ1n) is 6.66. The molecule has 1 aromatic heterocycles. The van der Waals surface area contributed by atoms with Crippen LogP contribution in [-0.2, 0) is 6.54 Å². The molecule has 1 atom stereocenters. The summed E-state index contributed by atoms with van der Waals surface area (Å²) < 4.78 is 1.20. The number of fused-ring (bicyclic) bond motifs is 2. The molecular weight excluding hydrogens is 288 g/mol. The van der Waals surface area contributed by atoms with Crippen molar-refractivity contribution in [2.24, 2.45) is 0 Å². The van der Waals surface area contributed by atoms with Crippen molar-refractivity contribution in [2.45, 2.75) is 12.5 Å². The average molecular weight is 301 g/mol. The molecule has 20 heavy (non-hydrogen) atoms. The number of benzene rings is 2. The van der Waals surface area contributed by atoms with Crippen LogP contribution < -0.4 is 5.32 Å². The molecule has 3 aromatic rings. The van der Waals surface area contributed by atoms with Crippen molar-refractivity contribution in [3.63, 3.8) is 0 Å². The fourth-order valence-corrected chi connectivity index (χ4v) is 4.02. The maximum Gasteiger partial charge on any atom is 0.103 e. The molecule has 0 bridgehead atoms. The first kappa shape index (κ1) is 12.3. The quantitative estimate of drug-likeness (QED) is 0.729. The molecule has 1 aliphatic rings. The van der Waals surface area contributed by atoms with E-state index < -0.39 is 0 Å². The van der Waals surface area contributed by atoms with Gasteiger partial charge in [-0.25, -0.2) is 4.98 Å². The Hall–Kier alpha value is -1.42. The van der Waals surface area contributed by atoms with E-state index in [1.54, 1.807) is 11.3 Å². The van der Waals surface area contributed by atoms with Gasteiger partial charge in [-0.05, 0) is 29.3 Å². The van der Waals surface area contributed by atoms with Crippen LogP contribution in [0.1, 0.15) is 22.1 Å². The number of aromatic nitrogens is 1. The molecule has 4 rings (SSSR count). The summed E-state index contributed by atoms with van der Waals surface area (Å²) in [7, 11) is 0. The van der Waals surface area contributed by atoms with Crippen LogP contribution in [0.25, 0.3) is 10.2 Å². The minimum absolute atomic E-state index is 0.344. The molecule has 2 nitrogen and oxygen atoms in total. The van der Waals surface area contributed by atoms with Crippen LogP contribution in [0.5, 0.6) is 0 Å². The molecule has 0 saturated heterocycles. The van der Waals surface area contributed by atoms with E-state index in [4.69, 9.17) is 16.6 Å². The number of hydrogen-bond acceptors (Lipinski definition) is 3. The normalized spacial score (nSPS) is 18.1. The predicted octanol–water partition coefficient (Wildman–Crippen LogP) is 4.18. The molecule has 1 N–H and O–H groups in total. The van der Waals surface area contributed by atoms with Gasteiger partial charge in [0.2, 0.25) is 0 Å². The minimum Gasteiger partial charge on any atom is -0.312 e. The molecule has 4 heteroatoms. The van der Waals surface area contributed by atoms with Crippen LogP contribution in [0.2, 0.25) is 5.02 Å². The van der Waals surface area contributed by atoms with Gasteiger partial charge in [0.05, 0.1) is 10.2 Å². The van der Waals surface area contributed by atoms with E-state index in [1.165, 1.54) is 20.8 Å². The van der Waals surface area contributed by atoms with Gasteiger partial charge < -0.3 is 5.32 Å². The zero-order chi connectivity index (χ0) is 13.5. The molecule has 0 fully saturated rings. The molecule has 0 amide bonds. The van der Waals surface area contributed by atoms with E-state index in [2.05, 4.69) is 35.6 Å². The number of thiazole rings is 1. The molecule has 1 unspecified atom stereocenters. The third-order valence-corrected chi connectivity index (χ3v) is 5.14. The van der Waals surface area contributed by atoms with Gasteiger partial charge in [-0.3, -0.25) is 0 Å². The summed E-state index contributed by atoms with van der Waals surface area (Å²) in [5.41, 5.74) is 3.78. The smallest absolute Gasteiger partial charge is 0.103 e. The topological polar surface area (TPSA) is 24.9 Å². The lowest BCUT2D eigenvalue weighted by molar-refractivity contribution is 0.590. The Morgan fingerprint density at radius 2 is 2.10 bits per heavy atom. The predicted molar refractivity (Wildman–Crippen MR) is 84.6 cm³/mol. The van der Waals surface area contributed by atoms with Crippen molar-refractivity contribution in [2.75, 3.05) is 6.54 Å². The summed E-state index contributed by atoms with van der Waals surface area (Å²) in [6, 6.07) is 14.6. The van der Waals surface area contributed by atoms with E-state index in [9.17, 15) is 0 Å². The Balaban J connectivity index is 1.84. The molecule has 0 radical (unpaired) electrons. The second-order valence-electron chi connectivity index (χ2n) is 5.05. The van der Waals surface area contributed by atoms with E-state index in [-0.39, 0.29) is 0 Å². The first-order valence-corrected chi connectivity index (χ1v) is 7.85. The van der Waals surface area contributed by atoms with Gasteiger partial charge in [0.25, 0.3) is 0 Å². The van der Waals surface area contributed by atoms with E-state index in [0.29, 0.717) is 5.92 Å². The fraction of sp³-hybridized carbons (Fsp3) is 0.188. The number of hydrogen-bond donors (Lipinski definition) is 1. The Morgan fingerprint density at radius 3 is 3.05 bits per heavy atom. The highest BCUT2D eigenvalue weighted by molar-refractivity contribution is 7.18. The molecular formula is C16H13ClN2S. The van der Waals surface area contributed by atoms with Crippen LogP contribution in [0.4, 0.5) is 0 Å². The molecule has 1 aliphatic heterocycles. The molecule has 100 valence electrons.